The summed E-state index contributed by atoms with van der Waals surface area (Å²) in [4.78, 5) is 37.3. The lowest BCUT2D eigenvalue weighted by molar-refractivity contribution is -0.147. The fraction of sp³-hybridized carbons (Fsp3) is 0.350. The van der Waals surface area contributed by atoms with E-state index in [1.807, 2.05) is 6.92 Å². The topological polar surface area (TPSA) is 109 Å². The number of carboxylic acid groups (broad SMARTS) is 1. The molecule has 1 aromatic heterocycles. The first-order valence-corrected chi connectivity index (χ1v) is 9.04. The van der Waals surface area contributed by atoms with Gasteiger partial charge in [-0.1, -0.05) is 6.07 Å². The van der Waals surface area contributed by atoms with Crippen LogP contribution in [0.3, 0.4) is 0 Å². The molecule has 1 saturated heterocycles. The number of hydrogen-bond donors (Lipinski definition) is 2. The zero-order valence-electron chi connectivity index (χ0n) is 15.5. The Morgan fingerprint density at radius 1 is 1.25 bits per heavy atom. The number of rotatable bonds is 6. The molecule has 2 atom stereocenters. The van der Waals surface area contributed by atoms with E-state index in [4.69, 9.17) is 9.15 Å². The maximum absolute atomic E-state index is 12.5. The number of benzene rings is 1. The summed E-state index contributed by atoms with van der Waals surface area (Å²) in [5, 5.41) is 11.9. The SMILES string of the molecule is CC1CCC(C(=O)O)CN1C(=O)COc1cccc(NC(=O)c2ccco2)c1. The first-order chi connectivity index (χ1) is 13.4. The number of likely N-dealkylation sites (tertiary alicyclic amines) is 1. The highest BCUT2D eigenvalue weighted by Crippen LogP contribution is 2.23. The second kappa shape index (κ2) is 8.60. The highest BCUT2D eigenvalue weighted by molar-refractivity contribution is 6.02. The van der Waals surface area contributed by atoms with Crippen LogP contribution in [0.2, 0.25) is 0 Å². The number of piperidine rings is 1. The van der Waals surface area contributed by atoms with Crippen molar-refractivity contribution in [1.82, 2.24) is 4.90 Å². The molecule has 1 aliphatic rings. The summed E-state index contributed by atoms with van der Waals surface area (Å²) in [6.07, 6.45) is 2.63. The number of anilines is 1. The molecule has 0 spiro atoms. The van der Waals surface area contributed by atoms with Crippen LogP contribution in [0.25, 0.3) is 0 Å². The Morgan fingerprint density at radius 3 is 2.79 bits per heavy atom. The molecule has 0 aliphatic carbocycles. The first-order valence-electron chi connectivity index (χ1n) is 9.04. The second-order valence-electron chi connectivity index (χ2n) is 6.76. The van der Waals surface area contributed by atoms with Gasteiger partial charge >= 0.3 is 5.97 Å². The molecular weight excluding hydrogens is 364 g/mol. The van der Waals surface area contributed by atoms with E-state index in [-0.39, 0.29) is 36.8 Å². The molecule has 3 rings (SSSR count). The number of nitrogens with one attached hydrogen (secondary N) is 1. The van der Waals surface area contributed by atoms with Crippen molar-refractivity contribution in [3.63, 3.8) is 0 Å². The summed E-state index contributed by atoms with van der Waals surface area (Å²) in [7, 11) is 0. The zero-order chi connectivity index (χ0) is 20.1. The van der Waals surface area contributed by atoms with Crippen LogP contribution in [0.15, 0.2) is 47.1 Å². The Morgan fingerprint density at radius 2 is 2.07 bits per heavy atom. The number of furan rings is 1. The van der Waals surface area contributed by atoms with Crippen LogP contribution in [0.5, 0.6) is 5.75 Å². The molecule has 2 N–H and O–H groups in total. The van der Waals surface area contributed by atoms with Gasteiger partial charge in [0.25, 0.3) is 11.8 Å². The third-order valence-corrected chi connectivity index (χ3v) is 4.75. The van der Waals surface area contributed by atoms with Gasteiger partial charge in [0.1, 0.15) is 5.75 Å². The lowest BCUT2D eigenvalue weighted by Crippen LogP contribution is -2.49. The summed E-state index contributed by atoms with van der Waals surface area (Å²) in [6, 6.07) is 9.82. The van der Waals surface area contributed by atoms with E-state index in [1.165, 1.54) is 6.26 Å². The van der Waals surface area contributed by atoms with Gasteiger partial charge in [-0.15, -0.1) is 0 Å². The quantitative estimate of drug-likeness (QED) is 0.790. The number of nitrogens with zero attached hydrogens (tertiary/aromatic N) is 1. The monoisotopic (exact) mass is 386 g/mol. The van der Waals surface area contributed by atoms with Gasteiger partial charge in [-0.3, -0.25) is 14.4 Å². The van der Waals surface area contributed by atoms with Crippen LogP contribution in [0.1, 0.15) is 30.3 Å². The lowest BCUT2D eigenvalue weighted by atomic mass is 9.93. The van der Waals surface area contributed by atoms with Gasteiger partial charge in [-0.05, 0) is 44.0 Å². The average Bonchev–Trinajstić information content (AvgIpc) is 3.21. The summed E-state index contributed by atoms with van der Waals surface area (Å²) >= 11 is 0. The lowest BCUT2D eigenvalue weighted by Gasteiger charge is -2.36. The van der Waals surface area contributed by atoms with E-state index in [0.717, 1.165) is 0 Å². The summed E-state index contributed by atoms with van der Waals surface area (Å²) in [5.41, 5.74) is 0.503. The fourth-order valence-electron chi connectivity index (χ4n) is 3.15. The molecule has 0 saturated carbocycles. The number of ether oxygens (including phenoxy) is 1. The van der Waals surface area contributed by atoms with Crippen molar-refractivity contribution in [3.8, 4) is 5.75 Å². The molecule has 2 aromatic rings. The number of aliphatic carboxylic acids is 1. The van der Waals surface area contributed by atoms with E-state index in [1.54, 1.807) is 41.3 Å². The smallest absolute Gasteiger partial charge is 0.308 e. The Labute approximate surface area is 162 Å². The van der Waals surface area contributed by atoms with Gasteiger partial charge in [0.15, 0.2) is 12.4 Å². The predicted molar refractivity (Wildman–Crippen MR) is 100 cm³/mol. The first kappa shape index (κ1) is 19.5. The minimum Gasteiger partial charge on any atom is -0.484 e. The van der Waals surface area contributed by atoms with Crippen molar-refractivity contribution in [2.24, 2.45) is 5.92 Å². The molecule has 1 aliphatic heterocycles. The number of hydrogen-bond acceptors (Lipinski definition) is 5. The van der Waals surface area contributed by atoms with Crippen LogP contribution in [0, 0.1) is 5.92 Å². The van der Waals surface area contributed by atoms with Crippen LogP contribution >= 0.6 is 0 Å². The summed E-state index contributed by atoms with van der Waals surface area (Å²) in [5.74, 6) is -1.46. The number of carbonyl (C=O) groups is 3. The molecular formula is C20H22N2O6. The second-order valence-corrected chi connectivity index (χ2v) is 6.76. The van der Waals surface area contributed by atoms with Crippen molar-refractivity contribution in [3.05, 3.63) is 48.4 Å². The van der Waals surface area contributed by atoms with Crippen molar-refractivity contribution < 1.29 is 28.6 Å². The normalized spacial score (nSPS) is 19.1. The third-order valence-electron chi connectivity index (χ3n) is 4.75. The standard InChI is InChI=1S/C20H22N2O6/c1-13-7-8-14(20(25)26)11-22(13)18(23)12-28-16-5-2-4-15(10-16)21-19(24)17-6-3-9-27-17/h2-6,9-10,13-14H,7-8,11-12H2,1H3,(H,21,24)(H,25,26). The zero-order valence-corrected chi connectivity index (χ0v) is 15.5. The van der Waals surface area contributed by atoms with Crippen molar-refractivity contribution in [2.75, 3.05) is 18.5 Å². The van der Waals surface area contributed by atoms with Crippen LogP contribution in [-0.4, -0.2) is 47.0 Å². The van der Waals surface area contributed by atoms with E-state index < -0.39 is 11.9 Å². The molecule has 0 bridgehead atoms. The van der Waals surface area contributed by atoms with Crippen LogP contribution < -0.4 is 10.1 Å². The van der Waals surface area contributed by atoms with E-state index >= 15 is 0 Å². The molecule has 0 radical (unpaired) electrons. The molecule has 1 aromatic carbocycles. The molecule has 8 nitrogen and oxygen atoms in total. The van der Waals surface area contributed by atoms with Crippen molar-refractivity contribution in [2.45, 2.75) is 25.8 Å². The maximum atomic E-state index is 12.5. The largest absolute Gasteiger partial charge is 0.484 e. The fourth-order valence-corrected chi connectivity index (χ4v) is 3.15. The summed E-state index contributed by atoms with van der Waals surface area (Å²) < 4.78 is 10.6. The van der Waals surface area contributed by atoms with E-state index in [0.29, 0.717) is 24.3 Å². The van der Waals surface area contributed by atoms with Gasteiger partial charge in [-0.2, -0.15) is 0 Å². The summed E-state index contributed by atoms with van der Waals surface area (Å²) in [6.45, 7) is 1.89. The van der Waals surface area contributed by atoms with Crippen LogP contribution in [0.4, 0.5) is 5.69 Å². The molecule has 28 heavy (non-hydrogen) atoms. The van der Waals surface area contributed by atoms with Gasteiger partial charge in [-0.25, -0.2) is 0 Å². The molecule has 2 amide bonds. The third kappa shape index (κ3) is 4.70. The van der Waals surface area contributed by atoms with E-state index in [9.17, 15) is 19.5 Å². The Bertz CT molecular complexity index is 848. The molecule has 148 valence electrons. The molecule has 2 heterocycles. The number of amides is 2. The Kier molecular flexibility index (Phi) is 5.98. The molecule has 1 fully saturated rings. The molecule has 2 unspecified atom stereocenters. The minimum atomic E-state index is -0.884. The highest BCUT2D eigenvalue weighted by atomic mass is 16.5. The van der Waals surface area contributed by atoms with Gasteiger partial charge in [0, 0.05) is 24.3 Å². The Balaban J connectivity index is 1.57. The van der Waals surface area contributed by atoms with Gasteiger partial charge in [0.05, 0.1) is 12.2 Å². The average molecular weight is 386 g/mol. The van der Waals surface area contributed by atoms with E-state index in [2.05, 4.69) is 5.32 Å². The van der Waals surface area contributed by atoms with Gasteiger partial charge in [0.2, 0.25) is 0 Å². The highest BCUT2D eigenvalue weighted by Gasteiger charge is 2.32. The Hall–Kier alpha value is -3.29. The van der Waals surface area contributed by atoms with Crippen LogP contribution in [-0.2, 0) is 9.59 Å². The molecule has 8 heteroatoms. The van der Waals surface area contributed by atoms with Crippen molar-refractivity contribution >= 4 is 23.5 Å². The predicted octanol–water partition coefficient (Wildman–Crippen LogP) is 2.62. The van der Waals surface area contributed by atoms with Crippen molar-refractivity contribution in [1.29, 1.82) is 0 Å². The number of carboxylic acids is 1. The minimum absolute atomic E-state index is 0.0226. The number of carbonyl (C=O) groups excluding carboxylic acids is 2. The van der Waals surface area contributed by atoms with Gasteiger partial charge < -0.3 is 24.5 Å². The maximum Gasteiger partial charge on any atom is 0.308 e.